The minimum atomic E-state index is -1.83. The third-order valence-corrected chi connectivity index (χ3v) is 0. The summed E-state index contributed by atoms with van der Waals surface area (Å²) in [4.78, 5) is 0. The molecule has 0 saturated heterocycles. The van der Waals surface area contributed by atoms with Gasteiger partial charge in [-0.05, 0) is 20.4 Å². The quantitative estimate of drug-likeness (QED) is 0.354. The maximum Gasteiger partial charge on any atom is 0.263 e. The van der Waals surface area contributed by atoms with Crippen LogP contribution in [0.1, 0.15) is 13.8 Å². The predicted molar refractivity (Wildman–Crippen MR) is 79.4 cm³/mol. The molecule has 0 heterocycles. The van der Waals surface area contributed by atoms with E-state index in [1.165, 1.54) is 0 Å². The monoisotopic (exact) mass is 376 g/mol. The zero-order valence-corrected chi connectivity index (χ0v) is 12.0. The Kier molecular flexibility index (Phi) is 5760. The van der Waals surface area contributed by atoms with Gasteiger partial charge in [-0.3, -0.25) is 47.0 Å². The molecular weight excluding hydrogens is 348 g/mol. The van der Waals surface area contributed by atoms with Crippen molar-refractivity contribution in [3.63, 3.8) is 0 Å². The highest BCUT2D eigenvalue weighted by atomic mass is 19.3. The highest BCUT2D eigenvalue weighted by Gasteiger charge is 1.65. The Hall–Kier alpha value is -1.88. The van der Waals surface area contributed by atoms with Crippen LogP contribution in [0.3, 0.4) is 0 Å². The van der Waals surface area contributed by atoms with Crippen LogP contribution >= 0.6 is 0 Å². The average Bonchev–Trinajstić information content (AvgIpc) is 1.92. The Labute approximate surface area is 122 Å². The Bertz CT molecular complexity index is 100. The van der Waals surface area contributed by atoms with E-state index in [4.69, 9.17) is 0 Å². The van der Waals surface area contributed by atoms with Gasteiger partial charge >= 0.3 is 0 Å². The molecule has 152 valence electrons. The summed E-state index contributed by atoms with van der Waals surface area (Å²) in [5.74, 6) is 0. The first-order chi connectivity index (χ1) is 5.56. The minimum absolute atomic E-state index is 0. The third-order valence-electron chi connectivity index (χ3n) is 0. The fourth-order valence-corrected chi connectivity index (χ4v) is 0. The summed E-state index contributed by atoms with van der Waals surface area (Å²) in [6, 6.07) is 0. The smallest absolute Gasteiger partial charge is 0.263 e. The van der Waals surface area contributed by atoms with Crippen LogP contribution in [0.2, 0.25) is 0 Å². The molecule has 0 bridgehead atoms. The van der Waals surface area contributed by atoms with Crippen molar-refractivity contribution >= 4 is 0 Å². The summed E-state index contributed by atoms with van der Waals surface area (Å²) < 4.78 is 20.3. The Morgan fingerprint density at radius 3 is 0.591 bits per heavy atom. The van der Waals surface area contributed by atoms with E-state index in [0.29, 0.717) is 0 Å². The molecule has 0 saturated carbocycles. The summed E-state index contributed by atoms with van der Waals surface area (Å²) in [5, 5.41) is 0. The first-order valence-electron chi connectivity index (χ1n) is 3.20. The van der Waals surface area contributed by atoms with Crippen LogP contribution in [0.5, 0.6) is 0 Å². The molecule has 22 heavy (non-hydrogen) atoms. The van der Waals surface area contributed by atoms with Gasteiger partial charge in [-0.1, -0.05) is 12.2 Å². The molecule has 0 fully saturated rings. The van der Waals surface area contributed by atoms with Crippen molar-refractivity contribution in [2.24, 2.45) is 0 Å². The van der Waals surface area contributed by atoms with Crippen LogP contribution in [0.15, 0.2) is 51.1 Å². The van der Waals surface area contributed by atoms with Gasteiger partial charge in [0.05, 0.1) is 0 Å². The molecule has 0 spiro atoms. The van der Waals surface area contributed by atoms with E-state index in [0.717, 1.165) is 0 Å². The van der Waals surface area contributed by atoms with Gasteiger partial charge in [-0.25, -0.2) is 0 Å². The van der Waals surface area contributed by atoms with Crippen LogP contribution in [0.4, 0.5) is 55.8 Å². The molecule has 0 amide bonds. The Balaban J connectivity index is -0.00000000285. The highest BCUT2D eigenvalue weighted by molar-refractivity contribution is 4.57. The molecule has 0 aliphatic carbocycles. The van der Waals surface area contributed by atoms with Crippen molar-refractivity contribution in [2.75, 3.05) is 0 Å². The summed E-state index contributed by atoms with van der Waals surface area (Å²) in [6.45, 7) is 18.7. The van der Waals surface area contributed by atoms with Crippen LogP contribution in [0.25, 0.3) is 0 Å². The Morgan fingerprint density at radius 2 is 0.591 bits per heavy atom. The first-order valence-corrected chi connectivity index (χ1v) is 3.20. The number of hydrogen-bond acceptors (Lipinski definition) is 0. The van der Waals surface area contributed by atoms with Gasteiger partial charge in [0.1, 0.15) is 0 Å². The molecule has 0 aliphatic heterocycles. The number of rotatable bonds is 0. The molecule has 0 nitrogen and oxygen atoms in total. The molecule has 0 unspecified atom stereocenters. The lowest BCUT2D eigenvalue weighted by Crippen LogP contribution is -1.33. The van der Waals surface area contributed by atoms with Gasteiger partial charge in [0, 0.05) is 0 Å². The lowest BCUT2D eigenvalue weighted by Gasteiger charge is -1.54. The van der Waals surface area contributed by atoms with Crippen molar-refractivity contribution in [3.8, 4) is 0 Å². The second kappa shape index (κ2) is 645. The summed E-state index contributed by atoms with van der Waals surface area (Å²) >= 11 is 0. The zero-order chi connectivity index (χ0) is 11.0. The van der Waals surface area contributed by atoms with E-state index in [-0.39, 0.29) is 47.0 Å². The van der Waals surface area contributed by atoms with Crippen LogP contribution < -0.4 is 0 Å². The number of hydrogen-bond donors (Lipinski definition) is 0. The molecule has 0 atom stereocenters. The van der Waals surface area contributed by atoms with Gasteiger partial charge in [-0.15, -0.1) is 26.3 Å². The summed E-state index contributed by atoms with van der Waals surface area (Å²) in [7, 11) is 0. The molecule has 0 radical (unpaired) electrons. The van der Waals surface area contributed by atoms with Crippen LogP contribution in [-0.2, 0) is 0 Å². The first kappa shape index (κ1) is 196. The van der Waals surface area contributed by atoms with Crippen molar-refractivity contribution in [1.29, 1.82) is 0 Å². The van der Waals surface area contributed by atoms with Crippen molar-refractivity contribution in [3.05, 3.63) is 51.1 Å². The van der Waals surface area contributed by atoms with Crippen molar-refractivity contribution < 1.29 is 55.8 Å². The third kappa shape index (κ3) is 1500. The number of allylic oxidation sites excluding steroid dienone is 2. The van der Waals surface area contributed by atoms with E-state index in [1.54, 1.807) is 12.2 Å². The second-order valence-electron chi connectivity index (χ2n) is 1.16. The summed E-state index contributed by atoms with van der Waals surface area (Å²) in [6.07, 6.45) is 1.67. The molecular formula is C10H28F12. The average molecular weight is 376 g/mol. The largest absolute Gasteiger partial charge is 0.269 e. The number of halogens is 12. The molecule has 0 rings (SSSR count). The normalized spacial score (nSPS) is 2.55. The molecule has 0 aromatic heterocycles. The maximum atomic E-state index is 10.1. The van der Waals surface area contributed by atoms with Crippen LogP contribution in [0, 0.1) is 0 Å². The van der Waals surface area contributed by atoms with E-state index in [2.05, 4.69) is 32.9 Å². The molecule has 0 N–H and O–H groups in total. The van der Waals surface area contributed by atoms with Gasteiger partial charge in [0.25, 0.3) is 6.08 Å². The maximum absolute atomic E-state index is 10.1. The van der Waals surface area contributed by atoms with E-state index >= 15 is 0 Å². The molecule has 0 aromatic rings. The molecule has 0 aliphatic rings. The fourth-order valence-electron chi connectivity index (χ4n) is 0. The van der Waals surface area contributed by atoms with Gasteiger partial charge in [0.15, 0.2) is 0 Å². The zero-order valence-electron chi connectivity index (χ0n) is 12.0. The minimum Gasteiger partial charge on any atom is -0.269 e. The van der Waals surface area contributed by atoms with E-state index < -0.39 is 6.08 Å². The second-order valence-corrected chi connectivity index (χ2v) is 1.16. The summed E-state index contributed by atoms with van der Waals surface area (Å²) in [5.41, 5.74) is 0. The Morgan fingerprint density at radius 1 is 0.591 bits per heavy atom. The van der Waals surface area contributed by atoms with E-state index in [9.17, 15) is 8.78 Å². The lowest BCUT2D eigenvalue weighted by molar-refractivity contribution is 0.426. The van der Waals surface area contributed by atoms with Crippen molar-refractivity contribution in [2.45, 2.75) is 13.8 Å². The van der Waals surface area contributed by atoms with Gasteiger partial charge < -0.3 is 0 Å². The molecule has 0 aromatic carbocycles. The van der Waals surface area contributed by atoms with Crippen molar-refractivity contribution in [1.82, 2.24) is 0 Å². The van der Waals surface area contributed by atoms with Crippen LogP contribution in [-0.4, -0.2) is 0 Å². The van der Waals surface area contributed by atoms with Gasteiger partial charge in [0.2, 0.25) is 0 Å². The predicted octanol–water partition coefficient (Wildman–Crippen LogP) is 6.11. The van der Waals surface area contributed by atoms with Gasteiger partial charge in [-0.2, -0.15) is 8.78 Å². The highest BCUT2D eigenvalue weighted by Crippen LogP contribution is 1.85. The SMILES string of the molecule is C=C.C=C(F)F.C=CC.C=CC.F.F.F.F.F.F.F.F.F.F. The standard InChI is InChI=1S/2C3H6.C2H2F2.C2H4.10FH/c2*1-3-2;1-2(3)4;1-2;;;;;;;;;;/h2*3H,1H2,2H3;1H2;1-2H2;10*1H. The topological polar surface area (TPSA) is 0 Å². The fraction of sp³-hybridized carbons (Fsp3) is 0.200. The van der Waals surface area contributed by atoms with E-state index in [1.807, 2.05) is 13.8 Å². The molecule has 12 heteroatoms. The lowest BCUT2D eigenvalue weighted by atomic mass is 10.8.